The molecule has 1 aromatic heterocycles. The second-order valence-electron chi connectivity index (χ2n) is 4.94. The lowest BCUT2D eigenvalue weighted by atomic mass is 10.2. The van der Waals surface area contributed by atoms with Crippen molar-refractivity contribution in [3.8, 4) is 0 Å². The van der Waals surface area contributed by atoms with Crippen LogP contribution in [-0.4, -0.2) is 39.1 Å². The lowest BCUT2D eigenvalue weighted by Crippen LogP contribution is -2.44. The highest BCUT2D eigenvalue weighted by atomic mass is 16.2. The smallest absolute Gasteiger partial charge is 0.245 e. The number of carbonyl (C=O) groups excluding carboxylic acids is 2. The zero-order valence-electron chi connectivity index (χ0n) is 11.6. The van der Waals surface area contributed by atoms with Gasteiger partial charge in [-0.1, -0.05) is 6.92 Å². The van der Waals surface area contributed by atoms with Crippen molar-refractivity contribution in [3.05, 3.63) is 17.5 Å². The molecule has 1 aliphatic heterocycles. The minimum Gasteiger partial charge on any atom is -0.344 e. The highest BCUT2D eigenvalue weighted by Gasteiger charge is 2.28. The molecule has 2 rings (SSSR count). The van der Waals surface area contributed by atoms with Crippen molar-refractivity contribution in [2.75, 3.05) is 6.54 Å². The van der Waals surface area contributed by atoms with Gasteiger partial charge in [0.1, 0.15) is 6.04 Å². The van der Waals surface area contributed by atoms with E-state index in [-0.39, 0.29) is 11.8 Å². The number of aryl methyl sites for hydroxylation is 2. The first-order valence-electron chi connectivity index (χ1n) is 6.59. The van der Waals surface area contributed by atoms with Gasteiger partial charge in [0, 0.05) is 20.0 Å². The van der Waals surface area contributed by atoms with Crippen LogP contribution < -0.4 is 5.32 Å². The largest absolute Gasteiger partial charge is 0.344 e. The Hall–Kier alpha value is -1.85. The number of rotatable bonds is 3. The van der Waals surface area contributed by atoms with Crippen LogP contribution in [0.4, 0.5) is 0 Å². The predicted molar refractivity (Wildman–Crippen MR) is 70.2 cm³/mol. The molecule has 1 aliphatic rings. The van der Waals surface area contributed by atoms with E-state index in [1.54, 1.807) is 9.58 Å². The van der Waals surface area contributed by atoms with Crippen LogP contribution in [0.15, 0.2) is 6.07 Å². The van der Waals surface area contributed by atoms with Gasteiger partial charge in [-0.15, -0.1) is 0 Å². The molecule has 1 N–H and O–H groups in total. The summed E-state index contributed by atoms with van der Waals surface area (Å²) in [6.07, 6.45) is 0.977. The number of nitrogens with one attached hydrogen (secondary N) is 1. The Morgan fingerprint density at radius 3 is 2.79 bits per heavy atom. The van der Waals surface area contributed by atoms with Gasteiger partial charge in [0.05, 0.1) is 17.9 Å². The Balaban J connectivity index is 2.16. The Morgan fingerprint density at radius 2 is 2.21 bits per heavy atom. The van der Waals surface area contributed by atoms with Gasteiger partial charge in [-0.25, -0.2) is 0 Å². The monoisotopic (exact) mass is 264 g/mol. The summed E-state index contributed by atoms with van der Waals surface area (Å²) in [6.45, 7) is 4.79. The third kappa shape index (κ3) is 2.94. The number of carbonyl (C=O) groups is 2. The summed E-state index contributed by atoms with van der Waals surface area (Å²) in [7, 11) is 1.87. The van der Waals surface area contributed by atoms with Gasteiger partial charge in [-0.2, -0.15) is 5.10 Å². The second kappa shape index (κ2) is 5.42. The van der Waals surface area contributed by atoms with Crippen molar-refractivity contribution in [1.82, 2.24) is 20.0 Å². The Labute approximate surface area is 112 Å². The predicted octanol–water partition coefficient (Wildman–Crippen LogP) is 0.356. The van der Waals surface area contributed by atoms with E-state index < -0.39 is 6.04 Å². The minimum atomic E-state index is -0.399. The molecule has 1 unspecified atom stereocenters. The number of amides is 2. The fourth-order valence-electron chi connectivity index (χ4n) is 2.34. The van der Waals surface area contributed by atoms with E-state index in [0.717, 1.165) is 11.4 Å². The van der Waals surface area contributed by atoms with Crippen molar-refractivity contribution >= 4 is 11.8 Å². The first-order valence-corrected chi connectivity index (χ1v) is 6.59. The molecule has 6 heteroatoms. The topological polar surface area (TPSA) is 67.2 Å². The quantitative estimate of drug-likeness (QED) is 0.857. The zero-order valence-corrected chi connectivity index (χ0v) is 11.6. The van der Waals surface area contributed by atoms with Crippen molar-refractivity contribution in [3.63, 3.8) is 0 Å². The Kier molecular flexibility index (Phi) is 3.87. The van der Waals surface area contributed by atoms with Crippen LogP contribution in [0.5, 0.6) is 0 Å². The average molecular weight is 264 g/mol. The van der Waals surface area contributed by atoms with Crippen LogP contribution >= 0.6 is 0 Å². The number of hydrogen-bond donors (Lipinski definition) is 1. The number of hydrogen-bond acceptors (Lipinski definition) is 3. The molecule has 1 saturated heterocycles. The molecule has 0 aromatic carbocycles. The van der Waals surface area contributed by atoms with Gasteiger partial charge in [0.15, 0.2) is 0 Å². The maximum absolute atomic E-state index is 12.3. The summed E-state index contributed by atoms with van der Waals surface area (Å²) in [6, 6.07) is 1.57. The van der Waals surface area contributed by atoms with E-state index >= 15 is 0 Å². The van der Waals surface area contributed by atoms with Crippen LogP contribution in [0.25, 0.3) is 0 Å². The molecule has 1 atom stereocenters. The van der Waals surface area contributed by atoms with Crippen molar-refractivity contribution < 1.29 is 9.59 Å². The van der Waals surface area contributed by atoms with E-state index in [9.17, 15) is 9.59 Å². The van der Waals surface area contributed by atoms with Crippen molar-refractivity contribution in [2.24, 2.45) is 7.05 Å². The lowest BCUT2D eigenvalue weighted by Gasteiger charge is -2.23. The average Bonchev–Trinajstić information content (AvgIpc) is 2.61. The van der Waals surface area contributed by atoms with E-state index in [1.165, 1.54) is 0 Å². The summed E-state index contributed by atoms with van der Waals surface area (Å²) in [5, 5.41) is 7.04. The summed E-state index contributed by atoms with van der Waals surface area (Å²) in [5.74, 6) is -0.0592. The first-order chi connectivity index (χ1) is 9.01. The Bertz CT molecular complexity index is 495. The molecule has 19 heavy (non-hydrogen) atoms. The fourth-order valence-corrected chi connectivity index (χ4v) is 2.34. The van der Waals surface area contributed by atoms with E-state index in [4.69, 9.17) is 0 Å². The molecule has 6 nitrogen and oxygen atoms in total. The molecule has 1 fully saturated rings. The summed E-state index contributed by atoms with van der Waals surface area (Å²) in [4.78, 5) is 25.6. The van der Waals surface area contributed by atoms with Crippen molar-refractivity contribution in [2.45, 2.75) is 39.3 Å². The van der Waals surface area contributed by atoms with Crippen LogP contribution in [0.1, 0.15) is 31.2 Å². The van der Waals surface area contributed by atoms with E-state index in [1.807, 2.05) is 27.0 Å². The van der Waals surface area contributed by atoms with E-state index in [2.05, 4.69) is 10.4 Å². The number of aromatic nitrogens is 2. The van der Waals surface area contributed by atoms with Crippen LogP contribution in [0, 0.1) is 6.92 Å². The highest BCUT2D eigenvalue weighted by Crippen LogP contribution is 2.12. The maximum Gasteiger partial charge on any atom is 0.245 e. The van der Waals surface area contributed by atoms with Crippen LogP contribution in [0.3, 0.4) is 0 Å². The molecular formula is C13H20N4O2. The first kappa shape index (κ1) is 13.6. The molecule has 1 aromatic rings. The standard InChI is InChI=1S/C13H20N4O2/c1-4-11-13(19)17(6-5-12(18)14-11)8-10-7-9(2)15-16(10)3/h7,11H,4-6,8H2,1-3H3,(H,14,18). The summed E-state index contributed by atoms with van der Waals surface area (Å²) in [5.41, 5.74) is 1.91. The molecule has 0 saturated carbocycles. The van der Waals surface area contributed by atoms with Crippen molar-refractivity contribution in [1.29, 1.82) is 0 Å². The lowest BCUT2D eigenvalue weighted by molar-refractivity contribution is -0.134. The normalized spacial score (nSPS) is 20.4. The molecular weight excluding hydrogens is 244 g/mol. The third-order valence-electron chi connectivity index (χ3n) is 3.41. The maximum atomic E-state index is 12.3. The molecule has 2 heterocycles. The Morgan fingerprint density at radius 1 is 1.47 bits per heavy atom. The van der Waals surface area contributed by atoms with Gasteiger partial charge in [0.25, 0.3) is 0 Å². The SMILES string of the molecule is CCC1NC(=O)CCN(Cc2cc(C)nn2C)C1=O. The molecule has 104 valence electrons. The van der Waals surface area contributed by atoms with Gasteiger partial charge < -0.3 is 10.2 Å². The molecule has 0 radical (unpaired) electrons. The van der Waals surface area contributed by atoms with Gasteiger partial charge in [-0.05, 0) is 19.4 Å². The molecule has 0 spiro atoms. The summed E-state index contributed by atoms with van der Waals surface area (Å²) >= 11 is 0. The zero-order chi connectivity index (χ0) is 14.0. The fraction of sp³-hybridized carbons (Fsp3) is 0.615. The highest BCUT2D eigenvalue weighted by molar-refractivity contribution is 5.89. The van der Waals surface area contributed by atoms with Gasteiger partial charge in [0.2, 0.25) is 11.8 Å². The van der Waals surface area contributed by atoms with Gasteiger partial charge in [-0.3, -0.25) is 14.3 Å². The minimum absolute atomic E-state index is 0.00722. The molecule has 2 amide bonds. The molecule has 0 bridgehead atoms. The third-order valence-corrected chi connectivity index (χ3v) is 3.41. The number of nitrogens with zero attached hydrogens (tertiary/aromatic N) is 3. The second-order valence-corrected chi connectivity index (χ2v) is 4.94. The van der Waals surface area contributed by atoms with E-state index in [0.29, 0.717) is 25.9 Å². The van der Waals surface area contributed by atoms with Crippen LogP contribution in [0.2, 0.25) is 0 Å². The van der Waals surface area contributed by atoms with Gasteiger partial charge >= 0.3 is 0 Å². The summed E-state index contributed by atoms with van der Waals surface area (Å²) < 4.78 is 1.78. The molecule has 0 aliphatic carbocycles. The van der Waals surface area contributed by atoms with Crippen LogP contribution in [-0.2, 0) is 23.2 Å².